The third-order valence-corrected chi connectivity index (χ3v) is 4.41. The number of anilines is 1. The zero-order valence-electron chi connectivity index (χ0n) is 14.2. The number of pyridine rings is 1. The zero-order valence-corrected chi connectivity index (χ0v) is 14.2. The molecule has 3 aromatic rings. The topological polar surface area (TPSA) is 110 Å². The molecule has 0 radical (unpaired) electrons. The first kappa shape index (κ1) is 17.2. The predicted octanol–water partition coefficient (Wildman–Crippen LogP) is 3.02. The van der Waals surface area contributed by atoms with E-state index in [9.17, 15) is 24.5 Å². The van der Waals surface area contributed by atoms with Crippen LogP contribution in [0.2, 0.25) is 0 Å². The van der Waals surface area contributed by atoms with Crippen LogP contribution in [0.5, 0.6) is 0 Å². The van der Waals surface area contributed by atoms with Gasteiger partial charge in [-0.3, -0.25) is 29.5 Å². The number of nitro benzene ring substituents is 1. The largest absolute Gasteiger partial charge is 0.289 e. The van der Waals surface area contributed by atoms with Crippen molar-refractivity contribution in [3.8, 4) is 0 Å². The monoisotopic (exact) mass is 373 g/mol. The lowest BCUT2D eigenvalue weighted by molar-refractivity contribution is -0.384. The number of imide groups is 1. The van der Waals surface area contributed by atoms with Crippen molar-refractivity contribution in [3.05, 3.63) is 99.4 Å². The average Bonchev–Trinajstić information content (AvgIpc) is 2.98. The second-order valence-corrected chi connectivity index (χ2v) is 6.04. The third-order valence-electron chi connectivity index (χ3n) is 4.41. The van der Waals surface area contributed by atoms with Gasteiger partial charge in [0.2, 0.25) is 0 Å². The summed E-state index contributed by atoms with van der Waals surface area (Å²) in [6.07, 6.45) is 2.95. The molecule has 0 unspecified atom stereocenters. The van der Waals surface area contributed by atoms with E-state index in [1.54, 1.807) is 12.1 Å². The van der Waals surface area contributed by atoms with Gasteiger partial charge in [-0.25, -0.2) is 4.90 Å². The normalized spacial score (nSPS) is 12.8. The number of benzene rings is 2. The summed E-state index contributed by atoms with van der Waals surface area (Å²) in [7, 11) is 0. The number of hydrogen-bond donors (Lipinski definition) is 0. The van der Waals surface area contributed by atoms with Gasteiger partial charge in [-0.1, -0.05) is 6.07 Å². The number of hydrogen-bond acceptors (Lipinski definition) is 6. The second-order valence-electron chi connectivity index (χ2n) is 6.04. The third kappa shape index (κ3) is 2.73. The fraction of sp³-hybridized carbons (Fsp3) is 0. The summed E-state index contributed by atoms with van der Waals surface area (Å²) in [5.74, 6) is -1.40. The lowest BCUT2D eigenvalue weighted by Crippen LogP contribution is -2.29. The fourth-order valence-corrected chi connectivity index (χ4v) is 3.01. The fourth-order valence-electron chi connectivity index (χ4n) is 3.01. The van der Waals surface area contributed by atoms with E-state index >= 15 is 0 Å². The van der Waals surface area contributed by atoms with E-state index in [2.05, 4.69) is 4.98 Å². The maximum absolute atomic E-state index is 12.7. The first-order chi connectivity index (χ1) is 13.5. The van der Waals surface area contributed by atoms with Gasteiger partial charge in [0.05, 0.1) is 21.7 Å². The summed E-state index contributed by atoms with van der Waals surface area (Å²) in [5.41, 5.74) is 1.07. The van der Waals surface area contributed by atoms with E-state index in [4.69, 9.17) is 0 Å². The van der Waals surface area contributed by atoms with E-state index in [-0.39, 0.29) is 27.9 Å². The van der Waals surface area contributed by atoms with Crippen molar-refractivity contribution < 1.29 is 19.3 Å². The number of fused-ring (bicyclic) bond motifs is 1. The molecule has 1 aliphatic rings. The highest BCUT2D eigenvalue weighted by Crippen LogP contribution is 2.29. The van der Waals surface area contributed by atoms with Crippen LogP contribution in [0.4, 0.5) is 11.4 Å². The molecule has 4 rings (SSSR count). The molecule has 0 saturated heterocycles. The van der Waals surface area contributed by atoms with Crippen molar-refractivity contribution in [2.75, 3.05) is 4.90 Å². The molecule has 136 valence electrons. The number of ketones is 1. The minimum Gasteiger partial charge on any atom is -0.289 e. The van der Waals surface area contributed by atoms with Crippen molar-refractivity contribution in [1.29, 1.82) is 0 Å². The van der Waals surface area contributed by atoms with Crippen molar-refractivity contribution in [3.63, 3.8) is 0 Å². The van der Waals surface area contributed by atoms with Crippen LogP contribution in [0.15, 0.2) is 67.0 Å². The number of nitrogens with zero attached hydrogens (tertiary/aromatic N) is 3. The minimum absolute atomic E-state index is 0.126. The molecule has 1 aliphatic heterocycles. The zero-order chi connectivity index (χ0) is 19.8. The van der Waals surface area contributed by atoms with Crippen molar-refractivity contribution >= 4 is 29.0 Å². The second kappa shape index (κ2) is 6.51. The quantitative estimate of drug-likeness (QED) is 0.301. The van der Waals surface area contributed by atoms with Gasteiger partial charge >= 0.3 is 0 Å². The lowest BCUT2D eigenvalue weighted by atomic mass is 9.99. The number of rotatable bonds is 4. The summed E-state index contributed by atoms with van der Waals surface area (Å²) in [6.45, 7) is 0. The van der Waals surface area contributed by atoms with Gasteiger partial charge in [0, 0.05) is 35.7 Å². The van der Waals surface area contributed by atoms with Crippen LogP contribution in [0.1, 0.15) is 36.6 Å². The highest BCUT2D eigenvalue weighted by molar-refractivity contribution is 6.34. The molecule has 2 amide bonds. The van der Waals surface area contributed by atoms with Crippen LogP contribution in [-0.4, -0.2) is 27.5 Å². The Morgan fingerprint density at radius 3 is 2.11 bits per heavy atom. The summed E-state index contributed by atoms with van der Waals surface area (Å²) in [5, 5.41) is 10.7. The molecule has 0 saturated carbocycles. The van der Waals surface area contributed by atoms with Crippen LogP contribution in [0, 0.1) is 10.1 Å². The molecular formula is C20H11N3O5. The summed E-state index contributed by atoms with van der Waals surface area (Å²) in [6, 6.07) is 12.5. The molecule has 28 heavy (non-hydrogen) atoms. The Kier molecular flexibility index (Phi) is 4.00. The number of nitro groups is 1. The van der Waals surface area contributed by atoms with Crippen LogP contribution in [0.25, 0.3) is 0 Å². The SMILES string of the molecule is O=C(c1ccc([N+](=O)[O-])cc1)c1ccc2c(c1)C(=O)N(c1ccncc1)C2=O. The van der Waals surface area contributed by atoms with Crippen molar-refractivity contribution in [2.45, 2.75) is 0 Å². The van der Waals surface area contributed by atoms with Crippen LogP contribution in [0.3, 0.4) is 0 Å². The molecule has 0 bridgehead atoms. The van der Waals surface area contributed by atoms with Gasteiger partial charge in [-0.15, -0.1) is 0 Å². The molecule has 8 heteroatoms. The molecule has 0 atom stereocenters. The number of aromatic nitrogens is 1. The first-order valence-electron chi connectivity index (χ1n) is 8.19. The van der Waals surface area contributed by atoms with E-state index in [0.717, 1.165) is 4.90 Å². The standard InChI is InChI=1S/C20H11N3O5/c24-18(12-1-4-15(5-2-12)23(27)28)13-3-6-16-17(11-13)20(26)22(19(16)25)14-7-9-21-10-8-14/h1-11H. The van der Waals surface area contributed by atoms with Gasteiger partial charge in [0.1, 0.15) is 0 Å². The van der Waals surface area contributed by atoms with Gasteiger partial charge in [0.15, 0.2) is 5.78 Å². The Balaban J connectivity index is 1.68. The Morgan fingerprint density at radius 1 is 0.857 bits per heavy atom. The number of non-ortho nitro benzene ring substituents is 1. The molecule has 0 spiro atoms. The minimum atomic E-state index is -0.554. The number of carbonyl (C=O) groups is 3. The van der Waals surface area contributed by atoms with E-state index in [1.807, 2.05) is 0 Å². The molecule has 0 fully saturated rings. The van der Waals surface area contributed by atoms with Crippen molar-refractivity contribution in [1.82, 2.24) is 4.98 Å². The van der Waals surface area contributed by atoms with Crippen LogP contribution in [-0.2, 0) is 0 Å². The first-order valence-corrected chi connectivity index (χ1v) is 8.19. The lowest BCUT2D eigenvalue weighted by Gasteiger charge is -2.12. The van der Waals surface area contributed by atoms with E-state index in [1.165, 1.54) is 54.9 Å². The molecule has 0 N–H and O–H groups in total. The van der Waals surface area contributed by atoms with Gasteiger partial charge in [-0.05, 0) is 36.4 Å². The molecule has 8 nitrogen and oxygen atoms in total. The Labute approximate surface area is 158 Å². The summed E-state index contributed by atoms with van der Waals surface area (Å²) < 4.78 is 0. The maximum atomic E-state index is 12.7. The van der Waals surface area contributed by atoms with Gasteiger partial charge in [-0.2, -0.15) is 0 Å². The van der Waals surface area contributed by atoms with Crippen LogP contribution < -0.4 is 4.90 Å². The molecule has 2 aromatic carbocycles. The molecule has 2 heterocycles. The summed E-state index contributed by atoms with van der Waals surface area (Å²) >= 11 is 0. The summed E-state index contributed by atoms with van der Waals surface area (Å²) in [4.78, 5) is 53.1. The number of carbonyl (C=O) groups excluding carboxylic acids is 3. The Hall–Kier alpha value is -4.20. The smallest absolute Gasteiger partial charge is 0.269 e. The molecule has 1 aromatic heterocycles. The average molecular weight is 373 g/mol. The van der Waals surface area contributed by atoms with Gasteiger partial charge < -0.3 is 0 Å². The highest BCUT2D eigenvalue weighted by Gasteiger charge is 2.37. The van der Waals surface area contributed by atoms with E-state index < -0.39 is 22.5 Å². The molecule has 0 aliphatic carbocycles. The maximum Gasteiger partial charge on any atom is 0.269 e. The Bertz CT molecular complexity index is 1140. The van der Waals surface area contributed by atoms with Crippen molar-refractivity contribution in [2.24, 2.45) is 0 Å². The van der Waals surface area contributed by atoms with E-state index in [0.29, 0.717) is 5.69 Å². The Morgan fingerprint density at radius 2 is 1.46 bits per heavy atom. The van der Waals surface area contributed by atoms with Gasteiger partial charge in [0.25, 0.3) is 17.5 Å². The van der Waals surface area contributed by atoms with Crippen LogP contribution >= 0.6 is 0 Å². The highest BCUT2D eigenvalue weighted by atomic mass is 16.6. The number of amides is 2. The molecular weight excluding hydrogens is 362 g/mol. The predicted molar refractivity (Wildman–Crippen MR) is 98.3 cm³/mol.